The summed E-state index contributed by atoms with van der Waals surface area (Å²) in [7, 11) is 0. The van der Waals surface area contributed by atoms with E-state index >= 15 is 0 Å². The fourth-order valence-electron chi connectivity index (χ4n) is 2.13. The molecule has 0 atom stereocenters. The van der Waals surface area contributed by atoms with Gasteiger partial charge in [-0.05, 0) is 25.1 Å². The number of halogens is 1. The number of ether oxygens (including phenoxy) is 1. The van der Waals surface area contributed by atoms with Gasteiger partial charge in [-0.2, -0.15) is 0 Å². The number of carbonyl (C=O) groups is 1. The lowest BCUT2D eigenvalue weighted by atomic mass is 10.1. The normalized spacial score (nSPS) is 10.8. The van der Waals surface area contributed by atoms with Crippen molar-refractivity contribution in [1.29, 1.82) is 0 Å². The van der Waals surface area contributed by atoms with Gasteiger partial charge in [0, 0.05) is 17.0 Å². The quantitative estimate of drug-likeness (QED) is 0.534. The largest absolute Gasteiger partial charge is 0.464 e. The van der Waals surface area contributed by atoms with Crippen molar-refractivity contribution in [3.8, 4) is 11.3 Å². The predicted molar refractivity (Wildman–Crippen MR) is 80.4 cm³/mol. The molecule has 2 heterocycles. The summed E-state index contributed by atoms with van der Waals surface area (Å²) in [6, 6.07) is 10.6. The minimum absolute atomic E-state index is 0.337. The zero-order valence-corrected chi connectivity index (χ0v) is 12.1. The van der Waals surface area contributed by atoms with Crippen molar-refractivity contribution in [3.05, 3.63) is 53.4 Å². The number of fused-ring (bicyclic) bond motifs is 1. The van der Waals surface area contributed by atoms with Crippen molar-refractivity contribution < 1.29 is 13.9 Å². The van der Waals surface area contributed by atoms with Crippen molar-refractivity contribution in [2.75, 3.05) is 6.61 Å². The minimum Gasteiger partial charge on any atom is -0.464 e. The second kappa shape index (κ2) is 5.58. The number of esters is 1. The summed E-state index contributed by atoms with van der Waals surface area (Å²) in [6.07, 6.45) is 1.60. The SMILES string of the molecule is CCOC(=O)c1ccc(-c2nc(Cl)cc3occc23)cc1. The molecule has 5 heteroatoms. The smallest absolute Gasteiger partial charge is 0.338 e. The highest BCUT2D eigenvalue weighted by Gasteiger charge is 2.11. The van der Waals surface area contributed by atoms with Crippen LogP contribution < -0.4 is 0 Å². The molecule has 0 bridgehead atoms. The van der Waals surface area contributed by atoms with Crippen LogP contribution in [0.15, 0.2) is 47.1 Å². The van der Waals surface area contributed by atoms with Crippen molar-refractivity contribution in [1.82, 2.24) is 4.98 Å². The van der Waals surface area contributed by atoms with Gasteiger partial charge in [0.15, 0.2) is 0 Å². The maximum absolute atomic E-state index is 11.6. The standard InChI is InChI=1S/C16H12ClNO3/c1-2-20-16(19)11-5-3-10(4-6-11)15-12-7-8-21-13(12)9-14(17)18-15/h3-9H,2H2,1H3. The Morgan fingerprint density at radius 2 is 2.05 bits per heavy atom. The van der Waals surface area contributed by atoms with Crippen LogP contribution in [0, 0.1) is 0 Å². The molecular formula is C16H12ClNO3. The third kappa shape index (κ3) is 2.62. The van der Waals surface area contributed by atoms with E-state index in [1.165, 1.54) is 0 Å². The zero-order chi connectivity index (χ0) is 14.8. The van der Waals surface area contributed by atoms with Crippen LogP contribution in [0.2, 0.25) is 5.15 Å². The van der Waals surface area contributed by atoms with Crippen LogP contribution in [0.4, 0.5) is 0 Å². The van der Waals surface area contributed by atoms with E-state index in [9.17, 15) is 4.79 Å². The molecule has 106 valence electrons. The number of carbonyl (C=O) groups excluding carboxylic acids is 1. The van der Waals surface area contributed by atoms with Gasteiger partial charge in [-0.3, -0.25) is 0 Å². The lowest BCUT2D eigenvalue weighted by Gasteiger charge is -2.05. The van der Waals surface area contributed by atoms with Crippen molar-refractivity contribution in [3.63, 3.8) is 0 Å². The number of hydrogen-bond acceptors (Lipinski definition) is 4. The molecule has 3 aromatic rings. The number of furan rings is 1. The number of nitrogens with zero attached hydrogens (tertiary/aromatic N) is 1. The summed E-state index contributed by atoms with van der Waals surface area (Å²) < 4.78 is 10.3. The fraction of sp³-hybridized carbons (Fsp3) is 0.125. The number of aromatic nitrogens is 1. The Hall–Kier alpha value is -2.33. The van der Waals surface area contributed by atoms with E-state index in [4.69, 9.17) is 20.8 Å². The van der Waals surface area contributed by atoms with Crippen molar-refractivity contribution in [2.24, 2.45) is 0 Å². The molecule has 0 saturated heterocycles. The first-order valence-electron chi connectivity index (χ1n) is 6.50. The predicted octanol–water partition coefficient (Wildman–Crippen LogP) is 4.32. The zero-order valence-electron chi connectivity index (χ0n) is 11.3. The lowest BCUT2D eigenvalue weighted by Crippen LogP contribution is -2.04. The van der Waals surface area contributed by atoms with E-state index < -0.39 is 0 Å². The number of benzene rings is 1. The van der Waals surface area contributed by atoms with Gasteiger partial charge < -0.3 is 9.15 Å². The summed E-state index contributed by atoms with van der Waals surface area (Å²) in [4.78, 5) is 16.0. The number of hydrogen-bond donors (Lipinski definition) is 0. The van der Waals surface area contributed by atoms with Crippen molar-refractivity contribution >= 4 is 28.5 Å². The van der Waals surface area contributed by atoms with E-state index in [2.05, 4.69) is 4.98 Å². The third-order valence-electron chi connectivity index (χ3n) is 3.09. The highest BCUT2D eigenvalue weighted by atomic mass is 35.5. The highest BCUT2D eigenvalue weighted by Crippen LogP contribution is 2.30. The molecule has 0 fully saturated rings. The first-order chi connectivity index (χ1) is 10.2. The first kappa shape index (κ1) is 13.6. The lowest BCUT2D eigenvalue weighted by molar-refractivity contribution is 0.0526. The second-order valence-corrected chi connectivity index (χ2v) is 4.81. The number of pyridine rings is 1. The Morgan fingerprint density at radius 1 is 1.29 bits per heavy atom. The van der Waals surface area contributed by atoms with E-state index in [0.717, 1.165) is 16.6 Å². The molecule has 1 aromatic carbocycles. The third-order valence-corrected chi connectivity index (χ3v) is 3.28. The van der Waals surface area contributed by atoms with Crippen molar-refractivity contribution in [2.45, 2.75) is 6.92 Å². The molecule has 4 nitrogen and oxygen atoms in total. The Labute approximate surface area is 126 Å². The molecule has 0 aliphatic carbocycles. The monoisotopic (exact) mass is 301 g/mol. The molecule has 3 rings (SSSR count). The van der Waals surface area contributed by atoms with Crippen LogP contribution in [-0.4, -0.2) is 17.6 Å². The Bertz CT molecular complexity index is 793. The Morgan fingerprint density at radius 3 is 2.76 bits per heavy atom. The molecule has 0 amide bonds. The van der Waals surface area contributed by atoms with E-state index in [1.54, 1.807) is 31.4 Å². The van der Waals surface area contributed by atoms with Gasteiger partial charge in [0.05, 0.1) is 24.1 Å². The van der Waals surface area contributed by atoms with Gasteiger partial charge in [0.2, 0.25) is 0 Å². The van der Waals surface area contributed by atoms with Gasteiger partial charge in [0.1, 0.15) is 10.7 Å². The van der Waals surface area contributed by atoms with Crippen LogP contribution in [0.3, 0.4) is 0 Å². The Kier molecular flexibility index (Phi) is 3.62. The molecule has 0 aliphatic rings. The molecule has 0 saturated carbocycles. The maximum atomic E-state index is 11.6. The van der Waals surface area contributed by atoms with Gasteiger partial charge in [-0.25, -0.2) is 9.78 Å². The first-order valence-corrected chi connectivity index (χ1v) is 6.88. The van der Waals surface area contributed by atoms with Crippen LogP contribution >= 0.6 is 11.6 Å². The summed E-state index contributed by atoms with van der Waals surface area (Å²) in [5.41, 5.74) is 2.77. The highest BCUT2D eigenvalue weighted by molar-refractivity contribution is 6.30. The van der Waals surface area contributed by atoms with Gasteiger partial charge in [-0.15, -0.1) is 0 Å². The van der Waals surface area contributed by atoms with Crippen LogP contribution in [0.25, 0.3) is 22.2 Å². The average Bonchev–Trinajstić information content (AvgIpc) is 2.95. The number of rotatable bonds is 3. The summed E-state index contributed by atoms with van der Waals surface area (Å²) in [6.45, 7) is 2.13. The van der Waals surface area contributed by atoms with Gasteiger partial charge >= 0.3 is 5.97 Å². The maximum Gasteiger partial charge on any atom is 0.338 e. The fourth-order valence-corrected chi connectivity index (χ4v) is 2.32. The average molecular weight is 302 g/mol. The second-order valence-electron chi connectivity index (χ2n) is 4.42. The van der Waals surface area contributed by atoms with E-state index in [0.29, 0.717) is 22.9 Å². The molecule has 0 aliphatic heterocycles. The van der Waals surface area contributed by atoms with E-state index in [1.807, 2.05) is 18.2 Å². The van der Waals surface area contributed by atoms with Crippen LogP contribution in [0.5, 0.6) is 0 Å². The van der Waals surface area contributed by atoms with Crippen LogP contribution in [-0.2, 0) is 4.74 Å². The van der Waals surface area contributed by atoms with Crippen LogP contribution in [0.1, 0.15) is 17.3 Å². The summed E-state index contributed by atoms with van der Waals surface area (Å²) >= 11 is 6.01. The van der Waals surface area contributed by atoms with Gasteiger partial charge in [0.25, 0.3) is 0 Å². The molecule has 0 radical (unpaired) electrons. The molecule has 0 N–H and O–H groups in total. The van der Waals surface area contributed by atoms with E-state index in [-0.39, 0.29) is 5.97 Å². The van der Waals surface area contributed by atoms with Gasteiger partial charge in [-0.1, -0.05) is 23.7 Å². The molecule has 21 heavy (non-hydrogen) atoms. The summed E-state index contributed by atoms with van der Waals surface area (Å²) in [5.74, 6) is -0.337. The molecule has 2 aromatic heterocycles. The molecular weight excluding hydrogens is 290 g/mol. The minimum atomic E-state index is -0.337. The Balaban J connectivity index is 2.03. The molecule has 0 spiro atoms. The molecule has 0 unspecified atom stereocenters. The topological polar surface area (TPSA) is 52.3 Å². The summed E-state index contributed by atoms with van der Waals surface area (Å²) in [5, 5.41) is 1.24.